The molecule has 3 rings (SSSR count). The molecule has 0 aromatic heterocycles. The monoisotopic (exact) mass is 478 g/mol. The molecule has 0 unspecified atom stereocenters. The third kappa shape index (κ3) is 6.39. The topological polar surface area (TPSA) is 27.7 Å². The third-order valence-electron chi connectivity index (χ3n) is 6.11. The molecule has 2 aromatic carbocycles. The fraction of sp³-hybridized carbons (Fsp3) is 0.571. The Balaban J connectivity index is 2.21. The molecule has 0 bridgehead atoms. The van der Waals surface area contributed by atoms with Gasteiger partial charge < -0.3 is 14.2 Å². The molecule has 6 heteroatoms. The number of halogens is 3. The van der Waals surface area contributed by atoms with Gasteiger partial charge in [0.25, 0.3) is 0 Å². The first-order chi connectivity index (χ1) is 16.4. The van der Waals surface area contributed by atoms with Gasteiger partial charge in [-0.05, 0) is 42.4 Å². The molecule has 1 aliphatic carbocycles. The van der Waals surface area contributed by atoms with E-state index >= 15 is 0 Å². The Labute approximate surface area is 201 Å². The minimum Gasteiger partial charge on any atom is -0.489 e. The van der Waals surface area contributed by atoms with Crippen LogP contribution in [-0.4, -0.2) is 26.0 Å². The van der Waals surface area contributed by atoms with E-state index in [4.69, 9.17) is 14.2 Å². The summed E-state index contributed by atoms with van der Waals surface area (Å²) >= 11 is 0. The standard InChI is InChI=1S/C28H37F3O3/c1-4-7-16-32-25-22(14-15-28(29,30)31)24-21-13-11-10-12-20(21)19-23(24)26(33-17-8-5-2)27(25)34-18-9-6-3/h10-13H,4-9,14-19H2,1-3H3. The highest BCUT2D eigenvalue weighted by molar-refractivity contribution is 5.86. The van der Waals surface area contributed by atoms with Crippen molar-refractivity contribution in [1.82, 2.24) is 0 Å². The van der Waals surface area contributed by atoms with Crippen molar-refractivity contribution in [2.75, 3.05) is 19.8 Å². The van der Waals surface area contributed by atoms with Gasteiger partial charge in [-0.1, -0.05) is 64.3 Å². The molecule has 1 aliphatic rings. The number of ether oxygens (including phenoxy) is 3. The number of hydrogen-bond donors (Lipinski definition) is 0. The van der Waals surface area contributed by atoms with E-state index in [9.17, 15) is 13.2 Å². The lowest BCUT2D eigenvalue weighted by Crippen LogP contribution is -2.13. The highest BCUT2D eigenvalue weighted by Gasteiger charge is 2.35. The Hall–Kier alpha value is -2.37. The molecule has 0 aliphatic heterocycles. The summed E-state index contributed by atoms with van der Waals surface area (Å²) in [5.41, 5.74) is 4.40. The van der Waals surface area contributed by atoms with Crippen LogP contribution in [0.15, 0.2) is 24.3 Å². The van der Waals surface area contributed by atoms with E-state index in [0.717, 1.165) is 60.8 Å². The van der Waals surface area contributed by atoms with Gasteiger partial charge in [-0.15, -0.1) is 0 Å². The first kappa shape index (κ1) is 26.2. The second kappa shape index (κ2) is 12.4. The van der Waals surface area contributed by atoms with Gasteiger partial charge >= 0.3 is 6.18 Å². The summed E-state index contributed by atoms with van der Waals surface area (Å²) < 4.78 is 58.9. The zero-order valence-electron chi connectivity index (χ0n) is 20.7. The molecule has 2 aromatic rings. The van der Waals surface area contributed by atoms with Crippen LogP contribution in [0.5, 0.6) is 17.2 Å². The van der Waals surface area contributed by atoms with Crippen molar-refractivity contribution in [3.63, 3.8) is 0 Å². The second-order valence-electron chi connectivity index (χ2n) is 8.87. The molecule has 0 atom stereocenters. The van der Waals surface area contributed by atoms with Crippen molar-refractivity contribution >= 4 is 0 Å². The van der Waals surface area contributed by atoms with E-state index in [-0.39, 0.29) is 6.42 Å². The fourth-order valence-corrected chi connectivity index (χ4v) is 4.29. The summed E-state index contributed by atoms with van der Waals surface area (Å²) in [6.07, 6.45) is 0.710. The molecule has 0 amide bonds. The molecule has 0 radical (unpaired) electrons. The molecule has 0 saturated carbocycles. The Bertz CT molecular complexity index is 937. The Morgan fingerprint density at radius 2 is 1.32 bits per heavy atom. The molecule has 34 heavy (non-hydrogen) atoms. The lowest BCUT2D eigenvalue weighted by Gasteiger charge is -2.24. The predicted molar refractivity (Wildman–Crippen MR) is 130 cm³/mol. The Morgan fingerprint density at radius 3 is 1.91 bits per heavy atom. The van der Waals surface area contributed by atoms with E-state index in [2.05, 4.69) is 20.8 Å². The molecule has 3 nitrogen and oxygen atoms in total. The van der Waals surface area contributed by atoms with Crippen molar-refractivity contribution in [2.45, 2.75) is 84.7 Å². The predicted octanol–water partition coefficient (Wildman–Crippen LogP) is 8.29. The fourth-order valence-electron chi connectivity index (χ4n) is 4.29. The molecule has 0 spiro atoms. The van der Waals surface area contributed by atoms with Crippen molar-refractivity contribution in [2.24, 2.45) is 0 Å². The van der Waals surface area contributed by atoms with Crippen LogP contribution in [0.4, 0.5) is 13.2 Å². The molecule has 188 valence electrons. The summed E-state index contributed by atoms with van der Waals surface area (Å²) in [6.45, 7) is 7.66. The average molecular weight is 479 g/mol. The van der Waals surface area contributed by atoms with Crippen molar-refractivity contribution in [3.8, 4) is 28.4 Å². The van der Waals surface area contributed by atoms with Crippen LogP contribution in [0.25, 0.3) is 11.1 Å². The van der Waals surface area contributed by atoms with E-state index in [1.165, 1.54) is 0 Å². The smallest absolute Gasteiger partial charge is 0.389 e. The van der Waals surface area contributed by atoms with Gasteiger partial charge in [-0.25, -0.2) is 0 Å². The van der Waals surface area contributed by atoms with Gasteiger partial charge in [0.2, 0.25) is 5.75 Å². The highest BCUT2D eigenvalue weighted by Crippen LogP contribution is 2.54. The lowest BCUT2D eigenvalue weighted by molar-refractivity contribution is -0.134. The van der Waals surface area contributed by atoms with Crippen molar-refractivity contribution in [3.05, 3.63) is 41.0 Å². The maximum atomic E-state index is 13.4. The number of hydrogen-bond acceptors (Lipinski definition) is 3. The van der Waals surface area contributed by atoms with Gasteiger partial charge in [0.1, 0.15) is 0 Å². The molecular formula is C28H37F3O3. The molecule has 0 saturated heterocycles. The van der Waals surface area contributed by atoms with E-state index in [0.29, 0.717) is 49.1 Å². The Morgan fingerprint density at radius 1 is 0.765 bits per heavy atom. The zero-order chi connectivity index (χ0) is 24.6. The maximum Gasteiger partial charge on any atom is 0.389 e. The van der Waals surface area contributed by atoms with Gasteiger partial charge in [-0.3, -0.25) is 0 Å². The largest absolute Gasteiger partial charge is 0.489 e. The number of alkyl halides is 3. The summed E-state index contributed by atoms with van der Waals surface area (Å²) in [6, 6.07) is 7.92. The van der Waals surface area contributed by atoms with Crippen LogP contribution in [0, 0.1) is 0 Å². The van der Waals surface area contributed by atoms with E-state index < -0.39 is 12.6 Å². The van der Waals surface area contributed by atoms with Crippen LogP contribution in [0.3, 0.4) is 0 Å². The number of rotatable bonds is 14. The minimum atomic E-state index is -4.26. The SMILES string of the molecule is CCCCOc1c(CCC(F)(F)F)c2c(c(OCCCC)c1OCCCC)Cc1ccccc1-2. The van der Waals surface area contributed by atoms with Crippen molar-refractivity contribution < 1.29 is 27.4 Å². The van der Waals surface area contributed by atoms with Gasteiger partial charge in [0.15, 0.2) is 11.5 Å². The van der Waals surface area contributed by atoms with Gasteiger partial charge in [0.05, 0.1) is 19.8 Å². The summed E-state index contributed by atoms with van der Waals surface area (Å²) in [5.74, 6) is 1.54. The van der Waals surface area contributed by atoms with Crippen molar-refractivity contribution in [1.29, 1.82) is 0 Å². The van der Waals surface area contributed by atoms with Gasteiger partial charge in [-0.2, -0.15) is 13.2 Å². The number of fused-ring (bicyclic) bond motifs is 3. The average Bonchev–Trinajstić information content (AvgIpc) is 3.19. The first-order valence-corrected chi connectivity index (χ1v) is 12.7. The normalized spacial score (nSPS) is 12.4. The highest BCUT2D eigenvalue weighted by atomic mass is 19.4. The Kier molecular flexibility index (Phi) is 9.54. The second-order valence-corrected chi connectivity index (χ2v) is 8.87. The van der Waals surface area contributed by atoms with Crippen LogP contribution in [-0.2, 0) is 12.8 Å². The third-order valence-corrected chi connectivity index (χ3v) is 6.11. The summed E-state index contributed by atoms with van der Waals surface area (Å²) in [7, 11) is 0. The number of benzene rings is 2. The summed E-state index contributed by atoms with van der Waals surface area (Å²) in [5, 5.41) is 0. The quantitative estimate of drug-likeness (QED) is 0.218. The lowest BCUT2D eigenvalue weighted by atomic mass is 9.93. The van der Waals surface area contributed by atoms with E-state index in [1.54, 1.807) is 0 Å². The van der Waals surface area contributed by atoms with Crippen LogP contribution < -0.4 is 14.2 Å². The molecular weight excluding hydrogens is 441 g/mol. The van der Waals surface area contributed by atoms with Crippen LogP contribution in [0.2, 0.25) is 0 Å². The van der Waals surface area contributed by atoms with Gasteiger partial charge in [0, 0.05) is 24.0 Å². The van der Waals surface area contributed by atoms with E-state index in [1.807, 2.05) is 24.3 Å². The van der Waals surface area contributed by atoms with Crippen LogP contribution >= 0.6 is 0 Å². The summed E-state index contributed by atoms with van der Waals surface area (Å²) in [4.78, 5) is 0. The minimum absolute atomic E-state index is 0.152. The van der Waals surface area contributed by atoms with Crippen LogP contribution in [0.1, 0.15) is 82.4 Å². The molecule has 0 N–H and O–H groups in total. The molecule has 0 heterocycles. The number of unbranched alkanes of at least 4 members (excludes halogenated alkanes) is 3. The maximum absolute atomic E-state index is 13.4. The zero-order valence-corrected chi connectivity index (χ0v) is 20.7. The molecule has 0 fully saturated rings. The first-order valence-electron chi connectivity index (χ1n) is 12.7.